The van der Waals surface area contributed by atoms with E-state index in [1.54, 1.807) is 25.7 Å². The van der Waals surface area contributed by atoms with Crippen molar-refractivity contribution < 1.29 is 9.84 Å². The van der Waals surface area contributed by atoms with E-state index in [-0.39, 0.29) is 6.61 Å². The van der Waals surface area contributed by atoms with Crippen molar-refractivity contribution in [2.24, 2.45) is 0 Å². The third-order valence-electron chi connectivity index (χ3n) is 2.03. The summed E-state index contributed by atoms with van der Waals surface area (Å²) < 4.78 is 5.00. The number of rotatable bonds is 7. The van der Waals surface area contributed by atoms with Crippen molar-refractivity contribution in [3.05, 3.63) is 24.3 Å². The molecule has 0 fully saturated rings. The lowest BCUT2D eigenvalue weighted by molar-refractivity contribution is 0.126. The lowest BCUT2D eigenvalue weighted by atomic mass is 10.4. The third kappa shape index (κ3) is 4.83. The summed E-state index contributed by atoms with van der Waals surface area (Å²) in [5.41, 5.74) is 0.905. The highest BCUT2D eigenvalue weighted by Gasteiger charge is 2.05. The molecule has 1 aromatic heterocycles. The zero-order chi connectivity index (χ0) is 10.9. The van der Waals surface area contributed by atoms with E-state index in [1.165, 1.54) is 0 Å². The predicted octanol–water partition coefficient (Wildman–Crippen LogP) is -0.0827. The van der Waals surface area contributed by atoms with E-state index in [4.69, 9.17) is 9.84 Å². The molecule has 0 atom stereocenters. The van der Waals surface area contributed by atoms with Crippen LogP contribution in [-0.2, 0) is 11.3 Å². The van der Waals surface area contributed by atoms with Gasteiger partial charge in [0.15, 0.2) is 0 Å². The Morgan fingerprint density at radius 1 is 1.40 bits per heavy atom. The van der Waals surface area contributed by atoms with Crippen molar-refractivity contribution in [1.29, 1.82) is 0 Å². The highest BCUT2D eigenvalue weighted by molar-refractivity contribution is 4.94. The number of aromatic nitrogens is 2. The van der Waals surface area contributed by atoms with Crippen LogP contribution >= 0.6 is 0 Å². The summed E-state index contributed by atoms with van der Waals surface area (Å²) in [5, 5.41) is 8.90. The van der Waals surface area contributed by atoms with E-state index < -0.39 is 0 Å². The highest BCUT2D eigenvalue weighted by Crippen LogP contribution is 1.98. The van der Waals surface area contributed by atoms with Gasteiger partial charge in [0.05, 0.1) is 18.9 Å². The number of ether oxygens (including phenoxy) is 1. The minimum absolute atomic E-state index is 0.143. The average Bonchev–Trinajstić information content (AvgIpc) is 2.28. The van der Waals surface area contributed by atoms with E-state index >= 15 is 0 Å². The Balaban J connectivity index is 2.43. The molecule has 5 nitrogen and oxygen atoms in total. The average molecular weight is 211 g/mol. The normalized spacial score (nSPS) is 10.9. The van der Waals surface area contributed by atoms with Gasteiger partial charge in [-0.1, -0.05) is 0 Å². The lowest BCUT2D eigenvalue weighted by Crippen LogP contribution is -2.30. The largest absolute Gasteiger partial charge is 0.395 e. The molecule has 1 rings (SSSR count). The Morgan fingerprint density at radius 3 is 2.87 bits per heavy atom. The van der Waals surface area contributed by atoms with Crippen LogP contribution in [0.25, 0.3) is 0 Å². The summed E-state index contributed by atoms with van der Waals surface area (Å²) in [4.78, 5) is 10.3. The Bertz CT molecular complexity index is 256. The van der Waals surface area contributed by atoms with Gasteiger partial charge in [0.25, 0.3) is 0 Å². The maximum absolute atomic E-state index is 8.90. The molecule has 15 heavy (non-hydrogen) atoms. The van der Waals surface area contributed by atoms with Crippen LogP contribution in [0.1, 0.15) is 5.69 Å². The number of hydrogen-bond acceptors (Lipinski definition) is 5. The van der Waals surface area contributed by atoms with Gasteiger partial charge in [0.1, 0.15) is 0 Å². The number of aliphatic hydroxyl groups is 1. The number of nitrogens with zero attached hydrogens (tertiary/aromatic N) is 3. The van der Waals surface area contributed by atoms with Gasteiger partial charge in [-0.15, -0.1) is 0 Å². The minimum Gasteiger partial charge on any atom is -0.395 e. The zero-order valence-electron chi connectivity index (χ0n) is 8.96. The molecule has 84 valence electrons. The number of methoxy groups -OCH3 is 1. The highest BCUT2D eigenvalue weighted by atomic mass is 16.5. The van der Waals surface area contributed by atoms with Gasteiger partial charge < -0.3 is 9.84 Å². The van der Waals surface area contributed by atoms with E-state index in [9.17, 15) is 0 Å². The van der Waals surface area contributed by atoms with Crippen LogP contribution in [0.2, 0.25) is 0 Å². The van der Waals surface area contributed by atoms with Crippen molar-refractivity contribution in [3.8, 4) is 0 Å². The molecule has 0 aliphatic carbocycles. The van der Waals surface area contributed by atoms with E-state index in [0.717, 1.165) is 12.2 Å². The summed E-state index contributed by atoms with van der Waals surface area (Å²) in [5.74, 6) is 0. The monoisotopic (exact) mass is 211 g/mol. The lowest BCUT2D eigenvalue weighted by Gasteiger charge is -2.19. The molecule has 0 saturated carbocycles. The quantitative estimate of drug-likeness (QED) is 0.683. The van der Waals surface area contributed by atoms with Crippen LogP contribution in [0.15, 0.2) is 18.6 Å². The van der Waals surface area contributed by atoms with E-state index in [2.05, 4.69) is 14.9 Å². The molecule has 1 aromatic rings. The first-order valence-electron chi connectivity index (χ1n) is 4.94. The maximum atomic E-state index is 8.90. The van der Waals surface area contributed by atoms with Gasteiger partial charge in [-0.3, -0.25) is 14.9 Å². The smallest absolute Gasteiger partial charge is 0.0726 e. The second-order valence-corrected chi connectivity index (χ2v) is 3.19. The summed E-state index contributed by atoms with van der Waals surface area (Å²) in [7, 11) is 1.67. The fourth-order valence-electron chi connectivity index (χ4n) is 1.27. The Kier molecular flexibility index (Phi) is 5.84. The van der Waals surface area contributed by atoms with Crippen molar-refractivity contribution in [2.45, 2.75) is 6.54 Å². The Labute approximate surface area is 89.7 Å². The minimum atomic E-state index is 0.143. The van der Waals surface area contributed by atoms with Gasteiger partial charge in [0.2, 0.25) is 0 Å². The van der Waals surface area contributed by atoms with Gasteiger partial charge >= 0.3 is 0 Å². The van der Waals surface area contributed by atoms with Gasteiger partial charge in [0, 0.05) is 45.3 Å². The topological polar surface area (TPSA) is 58.5 Å². The predicted molar refractivity (Wildman–Crippen MR) is 56.3 cm³/mol. The second kappa shape index (κ2) is 7.28. The Hall–Kier alpha value is -1.04. The molecular formula is C10H17N3O2. The molecule has 0 saturated heterocycles. The van der Waals surface area contributed by atoms with Crippen LogP contribution < -0.4 is 0 Å². The molecule has 5 heteroatoms. The van der Waals surface area contributed by atoms with E-state index in [0.29, 0.717) is 19.7 Å². The zero-order valence-corrected chi connectivity index (χ0v) is 8.96. The van der Waals surface area contributed by atoms with Crippen LogP contribution in [0.4, 0.5) is 0 Å². The first kappa shape index (κ1) is 12.0. The molecule has 0 unspecified atom stereocenters. The molecule has 0 amide bonds. The Morgan fingerprint density at radius 2 is 2.27 bits per heavy atom. The number of aliphatic hydroxyl groups excluding tert-OH is 1. The molecule has 1 N–H and O–H groups in total. The number of hydrogen-bond donors (Lipinski definition) is 1. The van der Waals surface area contributed by atoms with Crippen molar-refractivity contribution in [1.82, 2.24) is 14.9 Å². The van der Waals surface area contributed by atoms with Gasteiger partial charge in [-0.2, -0.15) is 0 Å². The molecular weight excluding hydrogens is 194 g/mol. The first-order chi connectivity index (χ1) is 7.36. The van der Waals surface area contributed by atoms with Gasteiger partial charge in [-0.25, -0.2) is 0 Å². The molecule has 1 heterocycles. The molecule has 0 bridgehead atoms. The molecule has 0 aromatic carbocycles. The standard InChI is InChI=1S/C10H17N3O2/c1-15-7-5-13(4-6-14)9-10-8-11-2-3-12-10/h2-3,8,14H,4-7,9H2,1H3. The fourth-order valence-corrected chi connectivity index (χ4v) is 1.27. The van der Waals surface area contributed by atoms with Crippen molar-refractivity contribution >= 4 is 0 Å². The van der Waals surface area contributed by atoms with Gasteiger partial charge in [-0.05, 0) is 0 Å². The summed E-state index contributed by atoms with van der Waals surface area (Å²) >= 11 is 0. The second-order valence-electron chi connectivity index (χ2n) is 3.19. The van der Waals surface area contributed by atoms with Crippen LogP contribution in [0.3, 0.4) is 0 Å². The summed E-state index contributed by atoms with van der Waals surface area (Å²) in [6, 6.07) is 0. The van der Waals surface area contributed by atoms with E-state index in [1.807, 2.05) is 0 Å². The molecule has 0 aliphatic rings. The summed E-state index contributed by atoms with van der Waals surface area (Å²) in [6.07, 6.45) is 5.05. The van der Waals surface area contributed by atoms with Crippen LogP contribution in [0, 0.1) is 0 Å². The SMILES string of the molecule is COCCN(CCO)Cc1cnccn1. The third-order valence-corrected chi connectivity index (χ3v) is 2.03. The summed E-state index contributed by atoms with van der Waals surface area (Å²) in [6.45, 7) is 2.90. The maximum Gasteiger partial charge on any atom is 0.0726 e. The molecule has 0 radical (unpaired) electrons. The first-order valence-corrected chi connectivity index (χ1v) is 4.94. The van der Waals surface area contributed by atoms with Crippen LogP contribution in [-0.4, -0.2) is 53.4 Å². The van der Waals surface area contributed by atoms with Crippen molar-refractivity contribution in [2.75, 3.05) is 33.4 Å². The molecule has 0 spiro atoms. The molecule has 0 aliphatic heterocycles. The van der Waals surface area contributed by atoms with Crippen LogP contribution in [0.5, 0.6) is 0 Å². The fraction of sp³-hybridized carbons (Fsp3) is 0.600. The van der Waals surface area contributed by atoms with Crippen molar-refractivity contribution in [3.63, 3.8) is 0 Å².